The fraction of sp³-hybridized carbons (Fsp3) is 0.214. The second kappa shape index (κ2) is 6.20. The van der Waals surface area contributed by atoms with Gasteiger partial charge in [0.25, 0.3) is 5.91 Å². The van der Waals surface area contributed by atoms with Gasteiger partial charge in [0, 0.05) is 0 Å². The molecule has 2 rings (SSSR count). The molecular weight excluding hydrogens is 308 g/mol. The first kappa shape index (κ1) is 16.1. The average molecular weight is 324 g/mol. The van der Waals surface area contributed by atoms with Gasteiger partial charge in [-0.05, 0) is 37.3 Å². The summed E-state index contributed by atoms with van der Waals surface area (Å²) in [7, 11) is -2.52. The van der Waals surface area contributed by atoms with Gasteiger partial charge in [-0.3, -0.25) is 4.79 Å². The molecule has 3 N–H and O–H groups in total. The maximum atomic E-state index is 12.3. The minimum absolute atomic E-state index is 0.0763. The van der Waals surface area contributed by atoms with Gasteiger partial charge in [-0.1, -0.05) is 0 Å². The van der Waals surface area contributed by atoms with Crippen molar-refractivity contribution in [3.8, 4) is 5.75 Å². The summed E-state index contributed by atoms with van der Waals surface area (Å²) >= 11 is 0. The smallest absolute Gasteiger partial charge is 0.255 e. The van der Waals surface area contributed by atoms with Gasteiger partial charge in [0.05, 0.1) is 29.9 Å². The highest BCUT2D eigenvalue weighted by Gasteiger charge is 2.19. The van der Waals surface area contributed by atoms with Crippen molar-refractivity contribution in [2.24, 2.45) is 5.14 Å². The molecule has 0 radical (unpaired) electrons. The van der Waals surface area contributed by atoms with Gasteiger partial charge in [0.15, 0.2) is 0 Å². The van der Waals surface area contributed by atoms with Crippen LogP contribution in [0.2, 0.25) is 0 Å². The number of carbonyl (C=O) groups excluding carboxylic acids is 1. The van der Waals surface area contributed by atoms with Gasteiger partial charge in [-0.15, -0.1) is 0 Å². The molecule has 0 aliphatic rings. The molecule has 2 aromatic rings. The van der Waals surface area contributed by atoms with Crippen molar-refractivity contribution in [3.63, 3.8) is 0 Å². The summed E-state index contributed by atoms with van der Waals surface area (Å²) in [5.41, 5.74) is 0.0763. The van der Waals surface area contributed by atoms with Gasteiger partial charge in [0.2, 0.25) is 10.0 Å². The van der Waals surface area contributed by atoms with Crippen molar-refractivity contribution < 1.29 is 22.4 Å². The van der Waals surface area contributed by atoms with E-state index in [0.29, 0.717) is 5.76 Å². The summed E-state index contributed by atoms with van der Waals surface area (Å²) < 4.78 is 33.1. The number of amides is 1. The molecule has 8 heteroatoms. The first-order valence-corrected chi connectivity index (χ1v) is 7.92. The summed E-state index contributed by atoms with van der Waals surface area (Å²) in [5.74, 6) is 0.331. The number of carbonyl (C=O) groups is 1. The zero-order valence-corrected chi connectivity index (χ0v) is 12.9. The Morgan fingerprint density at radius 3 is 2.64 bits per heavy atom. The Kier molecular flexibility index (Phi) is 4.53. The molecule has 1 atom stereocenters. The van der Waals surface area contributed by atoms with Crippen molar-refractivity contribution in [3.05, 3.63) is 47.9 Å². The minimum Gasteiger partial charge on any atom is -0.496 e. The Labute approximate surface area is 128 Å². The standard InChI is InChI=1S/C14H16N2O5S/c1-9(12-4-3-7-21-12)16-14(17)11-8-10(22(15,18)19)5-6-13(11)20-2/h3-9H,1-2H3,(H,16,17)(H2,15,18,19). The third-order valence-corrected chi connectivity index (χ3v) is 3.97. The van der Waals surface area contributed by atoms with E-state index in [4.69, 9.17) is 14.3 Å². The van der Waals surface area contributed by atoms with Gasteiger partial charge < -0.3 is 14.5 Å². The van der Waals surface area contributed by atoms with Crippen LogP contribution in [0.25, 0.3) is 0 Å². The van der Waals surface area contributed by atoms with Gasteiger partial charge in [0.1, 0.15) is 11.5 Å². The Hall–Kier alpha value is -2.32. The van der Waals surface area contributed by atoms with Crippen LogP contribution in [0, 0.1) is 0 Å². The molecule has 1 amide bonds. The van der Waals surface area contributed by atoms with E-state index in [1.165, 1.54) is 31.6 Å². The number of methoxy groups -OCH3 is 1. The van der Waals surface area contributed by atoms with E-state index in [1.807, 2.05) is 0 Å². The predicted molar refractivity (Wildman–Crippen MR) is 79.0 cm³/mol. The molecule has 0 aliphatic carbocycles. The summed E-state index contributed by atoms with van der Waals surface area (Å²) in [6.07, 6.45) is 1.50. The highest BCUT2D eigenvalue weighted by molar-refractivity contribution is 7.89. The lowest BCUT2D eigenvalue weighted by Gasteiger charge is -2.14. The van der Waals surface area contributed by atoms with E-state index in [9.17, 15) is 13.2 Å². The van der Waals surface area contributed by atoms with E-state index in [1.54, 1.807) is 19.1 Å². The monoisotopic (exact) mass is 324 g/mol. The van der Waals surface area contributed by atoms with Crippen molar-refractivity contribution in [1.29, 1.82) is 0 Å². The normalized spacial score (nSPS) is 12.7. The number of benzene rings is 1. The number of primary sulfonamides is 1. The van der Waals surface area contributed by atoms with Crippen LogP contribution >= 0.6 is 0 Å². The van der Waals surface area contributed by atoms with Crippen LogP contribution in [0.15, 0.2) is 45.9 Å². The number of hydrogen-bond donors (Lipinski definition) is 2. The van der Waals surface area contributed by atoms with Crippen molar-refractivity contribution in [2.75, 3.05) is 7.11 Å². The highest BCUT2D eigenvalue weighted by Crippen LogP contribution is 2.23. The quantitative estimate of drug-likeness (QED) is 0.864. The van der Waals surface area contributed by atoms with E-state index in [-0.39, 0.29) is 22.3 Å². The molecule has 1 aromatic carbocycles. The second-order valence-electron chi connectivity index (χ2n) is 4.62. The van der Waals surface area contributed by atoms with Crippen LogP contribution in [0.3, 0.4) is 0 Å². The Balaban J connectivity index is 2.31. The van der Waals surface area contributed by atoms with Gasteiger partial charge in [-0.25, -0.2) is 13.6 Å². The van der Waals surface area contributed by atoms with Gasteiger partial charge >= 0.3 is 0 Å². The molecule has 0 saturated carbocycles. The number of nitrogens with one attached hydrogen (secondary N) is 1. The first-order valence-electron chi connectivity index (χ1n) is 6.38. The Bertz CT molecular complexity index is 769. The highest BCUT2D eigenvalue weighted by atomic mass is 32.2. The van der Waals surface area contributed by atoms with E-state index >= 15 is 0 Å². The topological polar surface area (TPSA) is 112 Å². The molecule has 0 saturated heterocycles. The molecule has 22 heavy (non-hydrogen) atoms. The number of nitrogens with two attached hydrogens (primary N) is 1. The molecular formula is C14H16N2O5S. The lowest BCUT2D eigenvalue weighted by molar-refractivity contribution is 0.0932. The molecule has 1 aromatic heterocycles. The summed E-state index contributed by atoms with van der Waals surface area (Å²) in [6, 6.07) is 6.89. The third kappa shape index (κ3) is 3.46. The van der Waals surface area contributed by atoms with Crippen molar-refractivity contribution >= 4 is 15.9 Å². The zero-order valence-electron chi connectivity index (χ0n) is 12.1. The second-order valence-corrected chi connectivity index (χ2v) is 6.18. The van der Waals surface area contributed by atoms with Crippen LogP contribution in [0.4, 0.5) is 0 Å². The van der Waals surface area contributed by atoms with Crippen LogP contribution in [-0.2, 0) is 10.0 Å². The van der Waals surface area contributed by atoms with Crippen LogP contribution in [0.5, 0.6) is 5.75 Å². The maximum Gasteiger partial charge on any atom is 0.255 e. The summed E-state index contributed by atoms with van der Waals surface area (Å²) in [4.78, 5) is 12.2. The lowest BCUT2D eigenvalue weighted by Crippen LogP contribution is -2.27. The maximum absolute atomic E-state index is 12.3. The molecule has 118 valence electrons. The fourth-order valence-corrected chi connectivity index (χ4v) is 2.46. The van der Waals surface area contributed by atoms with E-state index in [0.717, 1.165) is 0 Å². The number of hydrogen-bond acceptors (Lipinski definition) is 5. The first-order chi connectivity index (χ1) is 10.3. The Morgan fingerprint density at radius 1 is 1.36 bits per heavy atom. The predicted octanol–water partition coefficient (Wildman–Crippen LogP) is 1.43. The molecule has 0 bridgehead atoms. The molecule has 0 aliphatic heterocycles. The third-order valence-electron chi connectivity index (χ3n) is 3.06. The average Bonchev–Trinajstić information content (AvgIpc) is 2.99. The van der Waals surface area contributed by atoms with Gasteiger partial charge in [-0.2, -0.15) is 0 Å². The largest absolute Gasteiger partial charge is 0.496 e. The van der Waals surface area contributed by atoms with Crippen molar-refractivity contribution in [1.82, 2.24) is 5.32 Å². The molecule has 0 fully saturated rings. The number of rotatable bonds is 5. The minimum atomic E-state index is -3.91. The molecule has 1 unspecified atom stereocenters. The van der Waals surface area contributed by atoms with Crippen molar-refractivity contribution in [2.45, 2.75) is 17.9 Å². The number of ether oxygens (including phenoxy) is 1. The molecule has 0 spiro atoms. The van der Waals surface area contributed by atoms with E-state index < -0.39 is 15.9 Å². The Morgan fingerprint density at radius 2 is 2.09 bits per heavy atom. The molecule has 1 heterocycles. The summed E-state index contributed by atoms with van der Waals surface area (Å²) in [5, 5.41) is 7.78. The SMILES string of the molecule is COc1ccc(S(N)(=O)=O)cc1C(=O)NC(C)c1ccco1. The summed E-state index contributed by atoms with van der Waals surface area (Å²) in [6.45, 7) is 1.74. The lowest BCUT2D eigenvalue weighted by atomic mass is 10.1. The van der Waals surface area contributed by atoms with Crippen LogP contribution < -0.4 is 15.2 Å². The molecule has 7 nitrogen and oxygen atoms in total. The fourth-order valence-electron chi connectivity index (χ4n) is 1.92. The van der Waals surface area contributed by atoms with Crippen LogP contribution in [-0.4, -0.2) is 21.4 Å². The zero-order chi connectivity index (χ0) is 16.3. The number of sulfonamides is 1. The number of furan rings is 1. The van der Waals surface area contributed by atoms with E-state index in [2.05, 4.69) is 5.32 Å². The van der Waals surface area contributed by atoms with Crippen LogP contribution in [0.1, 0.15) is 29.1 Å².